The molecule has 0 aliphatic heterocycles. The first-order valence-corrected chi connectivity index (χ1v) is 26.6. The van der Waals surface area contributed by atoms with E-state index in [1.165, 1.54) is 148 Å². The Morgan fingerprint density at radius 1 is 0.492 bits per heavy atom. The summed E-state index contributed by atoms with van der Waals surface area (Å²) in [7, 11) is -4.39. The molecule has 0 spiro atoms. The van der Waals surface area contributed by atoms with Crippen LogP contribution in [0.25, 0.3) is 0 Å². The Kier molecular flexibility index (Phi) is 45.9. The van der Waals surface area contributed by atoms with E-state index >= 15 is 0 Å². The van der Waals surface area contributed by atoms with E-state index in [9.17, 15) is 19.0 Å². The highest BCUT2D eigenvalue weighted by Crippen LogP contribution is 2.43. The van der Waals surface area contributed by atoms with Crippen LogP contribution in [0.2, 0.25) is 0 Å². The number of unbranched alkanes of at least 4 members (excludes halogenated alkanes) is 26. The fourth-order valence-corrected chi connectivity index (χ4v) is 7.75. The molecule has 0 saturated carbocycles. The SMILES string of the molecule is CCCCCCCCC/C=C/C/C=C/C/C=C/C/C=C/CCCC(=O)OC[C@H](COP(=O)(O)OCCN)OC(=O)CCCCCCCCCCCCCCCCCCCCC. The van der Waals surface area contributed by atoms with Gasteiger partial charge in [0.2, 0.25) is 0 Å². The van der Waals surface area contributed by atoms with Crippen molar-refractivity contribution in [3.05, 3.63) is 48.6 Å². The van der Waals surface area contributed by atoms with Crippen molar-refractivity contribution in [2.45, 2.75) is 238 Å². The van der Waals surface area contributed by atoms with Crippen molar-refractivity contribution in [3.63, 3.8) is 0 Å². The summed E-state index contributed by atoms with van der Waals surface area (Å²) in [6, 6.07) is 0. The van der Waals surface area contributed by atoms with Crippen molar-refractivity contribution in [1.82, 2.24) is 0 Å². The Hall–Kier alpha value is -2.03. The molecule has 0 radical (unpaired) electrons. The van der Waals surface area contributed by atoms with E-state index < -0.39 is 32.5 Å². The molecule has 0 aliphatic carbocycles. The molecule has 0 bridgehead atoms. The predicted octanol–water partition coefficient (Wildman–Crippen LogP) is 15.1. The van der Waals surface area contributed by atoms with Crippen molar-refractivity contribution < 1.29 is 37.6 Å². The molecule has 0 aromatic carbocycles. The van der Waals surface area contributed by atoms with Crippen molar-refractivity contribution in [1.29, 1.82) is 0 Å². The van der Waals surface area contributed by atoms with Crippen molar-refractivity contribution in [2.75, 3.05) is 26.4 Å². The Morgan fingerprint density at radius 2 is 0.869 bits per heavy atom. The number of carbonyl (C=O) groups excluding carboxylic acids is 2. The number of esters is 2. The normalized spacial score (nSPS) is 13.6. The van der Waals surface area contributed by atoms with Gasteiger partial charge in [0.05, 0.1) is 13.2 Å². The lowest BCUT2D eigenvalue weighted by Crippen LogP contribution is -2.29. The van der Waals surface area contributed by atoms with Crippen LogP contribution >= 0.6 is 7.82 Å². The van der Waals surface area contributed by atoms with Crippen molar-refractivity contribution in [2.24, 2.45) is 5.73 Å². The summed E-state index contributed by atoms with van der Waals surface area (Å²) in [5.74, 6) is -0.886. The van der Waals surface area contributed by atoms with Crippen LogP contribution in [0.5, 0.6) is 0 Å². The summed E-state index contributed by atoms with van der Waals surface area (Å²) in [4.78, 5) is 35.0. The molecular weight excluding hydrogens is 786 g/mol. The highest BCUT2D eigenvalue weighted by Gasteiger charge is 2.26. The van der Waals surface area contributed by atoms with E-state index in [2.05, 4.69) is 62.5 Å². The van der Waals surface area contributed by atoms with E-state index in [4.69, 9.17) is 24.3 Å². The molecule has 0 fully saturated rings. The minimum atomic E-state index is -4.39. The molecule has 10 heteroatoms. The fraction of sp³-hybridized carbons (Fsp3) is 0.804. The van der Waals surface area contributed by atoms with Gasteiger partial charge >= 0.3 is 19.8 Å². The molecule has 2 atom stereocenters. The van der Waals surface area contributed by atoms with E-state index in [-0.39, 0.29) is 32.6 Å². The van der Waals surface area contributed by atoms with E-state index in [0.717, 1.165) is 44.9 Å². The van der Waals surface area contributed by atoms with Gasteiger partial charge in [-0.2, -0.15) is 0 Å². The maximum absolute atomic E-state index is 12.6. The van der Waals surface area contributed by atoms with Gasteiger partial charge in [-0.1, -0.05) is 217 Å². The molecular formula is C51H94NO8P. The first-order chi connectivity index (χ1) is 29.8. The molecule has 0 amide bonds. The second kappa shape index (κ2) is 47.4. The second-order valence-corrected chi connectivity index (χ2v) is 18.1. The largest absolute Gasteiger partial charge is 0.472 e. The number of carbonyl (C=O) groups is 2. The summed E-state index contributed by atoms with van der Waals surface area (Å²) < 4.78 is 32.8. The van der Waals surface area contributed by atoms with Crippen LogP contribution in [0.1, 0.15) is 232 Å². The van der Waals surface area contributed by atoms with Crippen molar-refractivity contribution >= 4 is 19.8 Å². The standard InChI is InChI=1S/C51H94NO8P/c1-3-5-7-9-11-13-15-17-19-21-23-24-26-27-29-31-33-35-37-39-41-43-50(53)57-47-49(48-59-61(55,56)58-46-45-52)60-51(54)44-42-40-38-36-34-32-30-28-25-22-20-18-16-14-12-10-8-6-4-2/h19,21,24,26,29,31,35,37,49H,3-18,20,22-23,25,27-28,30,32-34,36,38-48,52H2,1-2H3,(H,55,56)/b21-19+,26-24+,31-29+,37-35+/t49-/m1/s1. The number of hydrogen-bond donors (Lipinski definition) is 2. The average molecular weight is 880 g/mol. The molecule has 9 nitrogen and oxygen atoms in total. The summed E-state index contributed by atoms with van der Waals surface area (Å²) in [6.07, 6.45) is 55.9. The van der Waals surface area contributed by atoms with E-state index in [1.807, 2.05) is 0 Å². The molecule has 0 aromatic heterocycles. The Morgan fingerprint density at radius 3 is 1.31 bits per heavy atom. The quantitative estimate of drug-likeness (QED) is 0.0265. The number of phosphoric ester groups is 1. The number of allylic oxidation sites excluding steroid dienone is 8. The van der Waals surface area contributed by atoms with E-state index in [1.54, 1.807) is 0 Å². The topological polar surface area (TPSA) is 134 Å². The number of ether oxygens (including phenoxy) is 2. The first-order valence-electron chi connectivity index (χ1n) is 25.1. The maximum atomic E-state index is 12.6. The highest BCUT2D eigenvalue weighted by molar-refractivity contribution is 7.47. The van der Waals surface area contributed by atoms with Crippen LogP contribution in [0.4, 0.5) is 0 Å². The van der Waals surface area contributed by atoms with Crippen LogP contribution in [0.15, 0.2) is 48.6 Å². The zero-order valence-electron chi connectivity index (χ0n) is 39.4. The monoisotopic (exact) mass is 880 g/mol. The molecule has 0 aromatic rings. The molecule has 0 heterocycles. The lowest BCUT2D eigenvalue weighted by molar-refractivity contribution is -0.161. The third-order valence-corrected chi connectivity index (χ3v) is 11.7. The average Bonchev–Trinajstić information content (AvgIpc) is 3.25. The number of nitrogens with two attached hydrogens (primary N) is 1. The molecule has 0 saturated heterocycles. The van der Waals surface area contributed by atoms with Gasteiger partial charge in [-0.3, -0.25) is 18.6 Å². The van der Waals surface area contributed by atoms with Gasteiger partial charge in [-0.05, 0) is 51.4 Å². The van der Waals surface area contributed by atoms with Gasteiger partial charge in [0.25, 0.3) is 0 Å². The van der Waals surface area contributed by atoms with Crippen LogP contribution in [-0.4, -0.2) is 49.3 Å². The first kappa shape index (κ1) is 59.0. The smallest absolute Gasteiger partial charge is 0.462 e. The summed E-state index contributed by atoms with van der Waals surface area (Å²) in [6.45, 7) is 3.70. The Bertz CT molecular complexity index is 1140. The molecule has 1 unspecified atom stereocenters. The number of phosphoric acid groups is 1. The Labute approximate surface area is 375 Å². The molecule has 61 heavy (non-hydrogen) atoms. The van der Waals surface area contributed by atoms with Crippen LogP contribution in [0.3, 0.4) is 0 Å². The van der Waals surface area contributed by atoms with Gasteiger partial charge in [-0.25, -0.2) is 4.57 Å². The van der Waals surface area contributed by atoms with Gasteiger partial charge in [0.15, 0.2) is 6.10 Å². The zero-order valence-corrected chi connectivity index (χ0v) is 40.3. The maximum Gasteiger partial charge on any atom is 0.472 e. The zero-order chi connectivity index (χ0) is 44.6. The lowest BCUT2D eigenvalue weighted by atomic mass is 10.0. The predicted molar refractivity (Wildman–Crippen MR) is 257 cm³/mol. The van der Waals surface area contributed by atoms with Crippen molar-refractivity contribution in [3.8, 4) is 0 Å². The minimum Gasteiger partial charge on any atom is -0.462 e. The Balaban J connectivity index is 4.15. The van der Waals surface area contributed by atoms with Gasteiger partial charge in [-0.15, -0.1) is 0 Å². The lowest BCUT2D eigenvalue weighted by Gasteiger charge is -2.19. The second-order valence-electron chi connectivity index (χ2n) is 16.7. The molecule has 356 valence electrons. The van der Waals surface area contributed by atoms with Crippen LogP contribution < -0.4 is 5.73 Å². The summed E-state index contributed by atoms with van der Waals surface area (Å²) in [5.41, 5.74) is 5.36. The third-order valence-electron chi connectivity index (χ3n) is 10.7. The summed E-state index contributed by atoms with van der Waals surface area (Å²) in [5, 5.41) is 0. The van der Waals surface area contributed by atoms with Gasteiger partial charge in [0, 0.05) is 19.4 Å². The van der Waals surface area contributed by atoms with E-state index in [0.29, 0.717) is 12.8 Å². The third kappa shape index (κ3) is 47.3. The minimum absolute atomic E-state index is 0.0462. The molecule has 0 rings (SSSR count). The number of hydrogen-bond acceptors (Lipinski definition) is 8. The number of rotatable bonds is 47. The van der Waals surface area contributed by atoms with Crippen LogP contribution in [-0.2, 0) is 32.7 Å². The molecule has 3 N–H and O–H groups in total. The fourth-order valence-electron chi connectivity index (χ4n) is 6.98. The highest BCUT2D eigenvalue weighted by atomic mass is 31.2. The van der Waals surface area contributed by atoms with Gasteiger partial charge in [0.1, 0.15) is 6.61 Å². The van der Waals surface area contributed by atoms with Crippen LogP contribution in [0, 0.1) is 0 Å². The van der Waals surface area contributed by atoms with Gasteiger partial charge < -0.3 is 20.1 Å². The molecule has 0 aliphatic rings. The summed E-state index contributed by atoms with van der Waals surface area (Å²) >= 11 is 0.